The van der Waals surface area contributed by atoms with Crippen LogP contribution in [0.1, 0.15) is 6.92 Å². The fourth-order valence-electron chi connectivity index (χ4n) is 1.49. The Hall–Kier alpha value is -0.950. The highest BCUT2D eigenvalue weighted by molar-refractivity contribution is 5.65. The van der Waals surface area contributed by atoms with Crippen molar-refractivity contribution in [2.75, 3.05) is 13.1 Å². The summed E-state index contributed by atoms with van der Waals surface area (Å²) in [6, 6.07) is -0.716. The van der Waals surface area contributed by atoms with Gasteiger partial charge < -0.3 is 15.6 Å². The number of rotatable bonds is 1. The van der Waals surface area contributed by atoms with Gasteiger partial charge in [-0.3, -0.25) is 4.90 Å². The predicted molar refractivity (Wildman–Crippen MR) is 43.1 cm³/mol. The van der Waals surface area contributed by atoms with Crippen LogP contribution >= 0.6 is 0 Å². The van der Waals surface area contributed by atoms with E-state index in [2.05, 4.69) is 4.74 Å². The maximum atomic E-state index is 12.8. The van der Waals surface area contributed by atoms with Crippen molar-refractivity contribution in [1.29, 1.82) is 0 Å². The summed E-state index contributed by atoms with van der Waals surface area (Å²) in [5.41, 5.74) is 5.28. The molecule has 1 aliphatic rings. The molecule has 1 unspecified atom stereocenters. The molecule has 0 aromatic carbocycles. The molecule has 3 N–H and O–H groups in total. The summed E-state index contributed by atoms with van der Waals surface area (Å²) in [6.07, 6.45) is -5.74. The van der Waals surface area contributed by atoms with Crippen molar-refractivity contribution in [2.24, 2.45) is 5.73 Å². The van der Waals surface area contributed by atoms with Crippen LogP contribution in [0.5, 0.6) is 0 Å². The first-order valence-electron chi connectivity index (χ1n) is 4.12. The summed E-state index contributed by atoms with van der Waals surface area (Å²) < 4.78 is 30.0. The molecule has 1 rings (SSSR count). The van der Waals surface area contributed by atoms with Crippen LogP contribution in [0.2, 0.25) is 0 Å². The minimum absolute atomic E-state index is 0.0381. The monoisotopic (exact) mass is 210 g/mol. The Kier molecular flexibility index (Phi) is 2.91. The van der Waals surface area contributed by atoms with Gasteiger partial charge in [-0.05, 0) is 6.92 Å². The van der Waals surface area contributed by atoms with Gasteiger partial charge in [0.2, 0.25) is 0 Å². The van der Waals surface area contributed by atoms with Crippen LogP contribution < -0.4 is 5.73 Å². The number of nitrogens with two attached hydrogens (primary N) is 1. The van der Waals surface area contributed by atoms with E-state index in [-0.39, 0.29) is 6.54 Å². The molecule has 0 radical (unpaired) electrons. The van der Waals surface area contributed by atoms with Crippen LogP contribution in [-0.2, 0) is 4.74 Å². The molecule has 0 aliphatic carbocycles. The van der Waals surface area contributed by atoms with Crippen molar-refractivity contribution in [3.05, 3.63) is 0 Å². The van der Waals surface area contributed by atoms with Crippen molar-refractivity contribution >= 4 is 6.09 Å². The van der Waals surface area contributed by atoms with Gasteiger partial charge in [-0.1, -0.05) is 0 Å². The lowest BCUT2D eigenvalue weighted by atomic mass is 10.1. The minimum Gasteiger partial charge on any atom is -0.465 e. The summed E-state index contributed by atoms with van der Waals surface area (Å²) in [5.74, 6) is 0. The zero-order valence-corrected chi connectivity index (χ0v) is 7.61. The Morgan fingerprint density at radius 2 is 2.36 bits per heavy atom. The van der Waals surface area contributed by atoms with Crippen LogP contribution in [-0.4, -0.2) is 47.4 Å². The third-order valence-electron chi connectivity index (χ3n) is 2.14. The Morgan fingerprint density at radius 3 is 2.79 bits per heavy atom. The molecule has 5 nitrogen and oxygen atoms in total. The van der Waals surface area contributed by atoms with Crippen molar-refractivity contribution in [3.63, 3.8) is 0 Å². The molecule has 1 amide bonds. The molecule has 82 valence electrons. The van der Waals surface area contributed by atoms with Gasteiger partial charge in [0.15, 0.2) is 0 Å². The minimum atomic E-state index is -3.43. The third-order valence-corrected chi connectivity index (χ3v) is 2.14. The van der Waals surface area contributed by atoms with Gasteiger partial charge in [0, 0.05) is 6.54 Å². The average molecular weight is 210 g/mol. The number of carboxylic acid groups (broad SMARTS) is 1. The lowest BCUT2D eigenvalue weighted by Gasteiger charge is -2.40. The second kappa shape index (κ2) is 3.66. The number of alkyl halides is 2. The molecule has 0 bridgehead atoms. The lowest BCUT2D eigenvalue weighted by molar-refractivity contribution is -0.299. The highest BCUT2D eigenvalue weighted by atomic mass is 19.3. The molecule has 0 aromatic rings. The van der Waals surface area contributed by atoms with E-state index in [1.165, 1.54) is 6.92 Å². The molecule has 0 aromatic heterocycles. The summed E-state index contributed by atoms with van der Waals surface area (Å²) >= 11 is 0. The van der Waals surface area contributed by atoms with Gasteiger partial charge in [-0.25, -0.2) is 4.79 Å². The average Bonchev–Trinajstić information content (AvgIpc) is 2.01. The summed E-state index contributed by atoms with van der Waals surface area (Å²) in [5, 5.41) is 8.67. The second-order valence-electron chi connectivity index (χ2n) is 3.17. The van der Waals surface area contributed by atoms with Crippen molar-refractivity contribution < 1.29 is 23.4 Å². The molecule has 1 heterocycles. The first-order valence-corrected chi connectivity index (χ1v) is 4.12. The van der Waals surface area contributed by atoms with Crippen LogP contribution in [0.15, 0.2) is 0 Å². The molecule has 0 saturated carbocycles. The van der Waals surface area contributed by atoms with Crippen LogP contribution in [0.25, 0.3) is 0 Å². The largest absolute Gasteiger partial charge is 0.465 e. The van der Waals surface area contributed by atoms with E-state index >= 15 is 0 Å². The maximum Gasteiger partial charge on any atom is 0.407 e. The second-order valence-corrected chi connectivity index (χ2v) is 3.17. The number of amides is 1. The molecule has 2 atom stereocenters. The smallest absolute Gasteiger partial charge is 0.407 e. The van der Waals surface area contributed by atoms with E-state index in [0.717, 1.165) is 0 Å². The topological polar surface area (TPSA) is 75.8 Å². The number of morpholine rings is 1. The maximum absolute atomic E-state index is 12.8. The van der Waals surface area contributed by atoms with Gasteiger partial charge in [-0.15, -0.1) is 0 Å². The van der Waals surface area contributed by atoms with Gasteiger partial charge >= 0.3 is 12.2 Å². The molecule has 14 heavy (non-hydrogen) atoms. The first kappa shape index (κ1) is 11.1. The third kappa shape index (κ3) is 2.10. The molecule has 1 fully saturated rings. The zero-order chi connectivity index (χ0) is 10.9. The van der Waals surface area contributed by atoms with E-state index in [1.54, 1.807) is 0 Å². The normalized spacial score (nSPS) is 31.6. The molecule has 0 spiro atoms. The van der Waals surface area contributed by atoms with E-state index in [0.29, 0.717) is 4.90 Å². The van der Waals surface area contributed by atoms with Gasteiger partial charge in [-0.2, -0.15) is 8.78 Å². The molecular weight excluding hydrogens is 198 g/mol. The Labute approximate surface area is 79.4 Å². The van der Waals surface area contributed by atoms with E-state index in [1.807, 2.05) is 0 Å². The number of ether oxygens (including phenoxy) is 1. The summed E-state index contributed by atoms with van der Waals surface area (Å²) in [6.45, 7) is 0.374. The van der Waals surface area contributed by atoms with Crippen molar-refractivity contribution in [3.8, 4) is 0 Å². The van der Waals surface area contributed by atoms with Gasteiger partial charge in [0.1, 0.15) is 6.54 Å². The van der Waals surface area contributed by atoms with Crippen molar-refractivity contribution in [2.45, 2.75) is 25.2 Å². The van der Waals surface area contributed by atoms with Crippen LogP contribution in [0.3, 0.4) is 0 Å². The van der Waals surface area contributed by atoms with Crippen LogP contribution in [0, 0.1) is 0 Å². The molecule has 1 aliphatic heterocycles. The number of hydrogen-bond donors (Lipinski definition) is 2. The number of carbonyl (C=O) groups is 1. The molecule has 7 heteroatoms. The number of nitrogens with zero attached hydrogens (tertiary/aromatic N) is 1. The quantitative estimate of drug-likeness (QED) is 0.652. The van der Waals surface area contributed by atoms with E-state index in [4.69, 9.17) is 10.8 Å². The van der Waals surface area contributed by atoms with E-state index in [9.17, 15) is 13.6 Å². The zero-order valence-electron chi connectivity index (χ0n) is 7.61. The van der Waals surface area contributed by atoms with Crippen molar-refractivity contribution in [1.82, 2.24) is 4.90 Å². The highest BCUT2D eigenvalue weighted by Crippen LogP contribution is 2.28. The van der Waals surface area contributed by atoms with E-state index < -0.39 is 30.9 Å². The number of hydrogen-bond acceptors (Lipinski definition) is 3. The number of halogens is 2. The standard InChI is InChI=1S/C7H12F2N2O3/c1-4-5(2-10)11(6(12)13)3-7(8,9)14-4/h4-5H,2-3,10H2,1H3,(H,12,13)/t4-,5?/m0/s1. The summed E-state index contributed by atoms with van der Waals surface area (Å²) in [7, 11) is 0. The summed E-state index contributed by atoms with van der Waals surface area (Å²) in [4.78, 5) is 11.3. The van der Waals surface area contributed by atoms with Crippen LogP contribution in [0.4, 0.5) is 13.6 Å². The predicted octanol–water partition coefficient (Wildman–Crippen LogP) is 0.305. The molecule has 1 saturated heterocycles. The van der Waals surface area contributed by atoms with Gasteiger partial charge in [0.05, 0.1) is 12.1 Å². The highest BCUT2D eigenvalue weighted by Gasteiger charge is 2.46. The SMILES string of the molecule is C[C@@H]1OC(F)(F)CN(C(=O)O)C1CN. The Morgan fingerprint density at radius 1 is 1.79 bits per heavy atom. The van der Waals surface area contributed by atoms with Gasteiger partial charge in [0.25, 0.3) is 0 Å². The first-order chi connectivity index (χ1) is 6.37. The fraction of sp³-hybridized carbons (Fsp3) is 0.857. The Bertz CT molecular complexity index is 237. The lowest BCUT2D eigenvalue weighted by Crippen LogP contribution is -2.60. The fourth-order valence-corrected chi connectivity index (χ4v) is 1.49. The molecular formula is C7H12F2N2O3. The Balaban J connectivity index is 2.83.